The Morgan fingerprint density at radius 1 is 1.33 bits per heavy atom. The highest BCUT2D eigenvalue weighted by Crippen LogP contribution is 2.13. The summed E-state index contributed by atoms with van der Waals surface area (Å²) in [6, 6.07) is 0. The summed E-state index contributed by atoms with van der Waals surface area (Å²) in [5.74, 6) is -0.310. The molecule has 21 heavy (non-hydrogen) atoms. The molecule has 1 amide bonds. The summed E-state index contributed by atoms with van der Waals surface area (Å²) in [6.45, 7) is 5.92. The molecule has 0 unspecified atom stereocenters. The molecule has 0 saturated carbocycles. The minimum atomic E-state index is -0.858. The van der Waals surface area contributed by atoms with Gasteiger partial charge in [-0.1, -0.05) is 0 Å². The number of aliphatic carboxylic acids is 1. The van der Waals surface area contributed by atoms with Crippen LogP contribution in [0.25, 0.3) is 0 Å². The summed E-state index contributed by atoms with van der Waals surface area (Å²) in [7, 11) is 0. The van der Waals surface area contributed by atoms with E-state index in [1.807, 2.05) is 20.8 Å². The third kappa shape index (κ3) is 7.96. The number of hydrogen-bond donors (Lipinski definition) is 2. The van der Waals surface area contributed by atoms with Crippen molar-refractivity contribution in [1.82, 2.24) is 10.6 Å². The number of carbonyl (C=O) groups excluding carboxylic acids is 1. The standard InChI is InChI=1S/C14H22N3O4/c1-14(2,3)21-13(20)15-8-4-5-10-9-16-11(17-10)6-7-12(18)19/h9H,4-8H2,1-3H3,(H,15,20)(H,18,19). The molecule has 0 spiro atoms. The van der Waals surface area contributed by atoms with Gasteiger partial charge in [0.05, 0.1) is 18.3 Å². The van der Waals surface area contributed by atoms with Gasteiger partial charge in [-0.05, 0) is 33.6 Å². The number of carboxylic acid groups (broad SMARTS) is 1. The fourth-order valence-electron chi connectivity index (χ4n) is 1.61. The second kappa shape index (κ2) is 7.66. The number of alkyl carbamates (subject to hydrolysis) is 1. The van der Waals surface area contributed by atoms with E-state index in [0.717, 1.165) is 12.1 Å². The van der Waals surface area contributed by atoms with E-state index in [0.29, 0.717) is 25.2 Å². The average Bonchev–Trinajstić information content (AvgIpc) is 2.78. The number of ether oxygens (including phenoxy) is 1. The predicted molar refractivity (Wildman–Crippen MR) is 78.0 cm³/mol. The minimum absolute atomic E-state index is 0.0314. The third-order valence-corrected chi connectivity index (χ3v) is 2.48. The Labute approximate surface area is 124 Å². The molecule has 0 aromatic carbocycles. The second-order valence-corrected chi connectivity index (χ2v) is 5.70. The van der Waals surface area contributed by atoms with Crippen LogP contribution in [0, 0.1) is 0 Å². The lowest BCUT2D eigenvalue weighted by molar-refractivity contribution is -0.136. The summed E-state index contributed by atoms with van der Waals surface area (Å²) in [6.07, 6.45) is 2.98. The van der Waals surface area contributed by atoms with Crippen molar-refractivity contribution >= 4 is 17.9 Å². The second-order valence-electron chi connectivity index (χ2n) is 5.70. The summed E-state index contributed by atoms with van der Waals surface area (Å²) in [5.41, 5.74) is 0.307. The minimum Gasteiger partial charge on any atom is -0.481 e. The summed E-state index contributed by atoms with van der Waals surface area (Å²) < 4.78 is 5.11. The number of amides is 1. The number of nitrogens with one attached hydrogen (secondary N) is 1. The van der Waals surface area contributed by atoms with Crippen molar-refractivity contribution in [3.63, 3.8) is 0 Å². The van der Waals surface area contributed by atoms with Crippen LogP contribution >= 0.6 is 0 Å². The SMILES string of the molecule is CC(C)(C)OC(=O)NCCCC1=C[N]C(CCC(=O)O)=N1. The van der Waals surface area contributed by atoms with E-state index in [4.69, 9.17) is 9.84 Å². The normalized spacial score (nSPS) is 14.0. The predicted octanol–water partition coefficient (Wildman–Crippen LogP) is 2.01. The van der Waals surface area contributed by atoms with Gasteiger partial charge >= 0.3 is 12.1 Å². The molecule has 1 radical (unpaired) electrons. The molecule has 2 N–H and O–H groups in total. The number of rotatable bonds is 7. The Bertz CT molecular complexity index is 450. The summed E-state index contributed by atoms with van der Waals surface area (Å²) in [4.78, 5) is 26.1. The third-order valence-electron chi connectivity index (χ3n) is 2.48. The number of nitrogens with zero attached hydrogens (tertiary/aromatic N) is 2. The van der Waals surface area contributed by atoms with E-state index in [1.165, 1.54) is 0 Å². The van der Waals surface area contributed by atoms with Gasteiger partial charge in [0.15, 0.2) is 0 Å². The van der Waals surface area contributed by atoms with Gasteiger partial charge in [-0.25, -0.2) is 15.1 Å². The molecule has 0 aromatic heterocycles. The first-order valence-corrected chi connectivity index (χ1v) is 6.92. The molecule has 0 saturated heterocycles. The number of carbonyl (C=O) groups is 2. The number of carboxylic acids is 1. The molecule has 117 valence electrons. The number of aliphatic imine (C=N–C) groups is 1. The molecule has 1 aliphatic rings. The maximum atomic E-state index is 11.4. The molecule has 0 fully saturated rings. The zero-order valence-corrected chi connectivity index (χ0v) is 12.7. The van der Waals surface area contributed by atoms with Crippen LogP contribution in [0.15, 0.2) is 16.9 Å². The fraction of sp³-hybridized carbons (Fsp3) is 0.643. The van der Waals surface area contributed by atoms with Crippen LogP contribution in [0.5, 0.6) is 0 Å². The number of amidine groups is 1. The lowest BCUT2D eigenvalue weighted by Gasteiger charge is -2.19. The molecule has 1 aliphatic heterocycles. The first-order valence-electron chi connectivity index (χ1n) is 6.92. The zero-order chi connectivity index (χ0) is 15.9. The van der Waals surface area contributed by atoms with Crippen LogP contribution in [0.2, 0.25) is 0 Å². The van der Waals surface area contributed by atoms with Crippen LogP contribution in [0.1, 0.15) is 46.5 Å². The largest absolute Gasteiger partial charge is 0.481 e. The Kier molecular flexibility index (Phi) is 6.20. The molecule has 7 nitrogen and oxygen atoms in total. The molecule has 7 heteroatoms. The average molecular weight is 296 g/mol. The van der Waals surface area contributed by atoms with Gasteiger partial charge in [-0.2, -0.15) is 0 Å². The highest BCUT2D eigenvalue weighted by atomic mass is 16.6. The van der Waals surface area contributed by atoms with Crippen LogP contribution in [-0.2, 0) is 9.53 Å². The van der Waals surface area contributed by atoms with Gasteiger partial charge in [0.25, 0.3) is 0 Å². The summed E-state index contributed by atoms with van der Waals surface area (Å²) in [5, 5.41) is 15.3. The van der Waals surface area contributed by atoms with E-state index >= 15 is 0 Å². The topological polar surface area (TPSA) is 102 Å². The fourth-order valence-corrected chi connectivity index (χ4v) is 1.61. The molecule has 0 bridgehead atoms. The van der Waals surface area contributed by atoms with Crippen molar-refractivity contribution in [1.29, 1.82) is 0 Å². The number of hydrogen-bond acceptors (Lipinski definition) is 4. The first-order chi connectivity index (χ1) is 9.76. The van der Waals surface area contributed by atoms with Crippen LogP contribution in [0.3, 0.4) is 0 Å². The van der Waals surface area contributed by atoms with Gasteiger partial charge in [0.1, 0.15) is 11.4 Å². The molecule has 1 heterocycles. The molecular weight excluding hydrogens is 274 g/mol. The lowest BCUT2D eigenvalue weighted by atomic mass is 10.2. The highest BCUT2D eigenvalue weighted by molar-refractivity contribution is 5.88. The Hall–Kier alpha value is -2.05. The Balaban J connectivity index is 2.16. The van der Waals surface area contributed by atoms with E-state index in [2.05, 4.69) is 15.6 Å². The van der Waals surface area contributed by atoms with Crippen molar-refractivity contribution in [3.05, 3.63) is 11.9 Å². The maximum absolute atomic E-state index is 11.4. The maximum Gasteiger partial charge on any atom is 0.407 e. The van der Waals surface area contributed by atoms with Gasteiger partial charge < -0.3 is 15.2 Å². The van der Waals surface area contributed by atoms with Gasteiger partial charge in [-0.3, -0.25) is 4.79 Å². The lowest BCUT2D eigenvalue weighted by Crippen LogP contribution is -2.33. The smallest absolute Gasteiger partial charge is 0.407 e. The van der Waals surface area contributed by atoms with Crippen molar-refractivity contribution in [2.45, 2.75) is 52.1 Å². The zero-order valence-electron chi connectivity index (χ0n) is 12.7. The van der Waals surface area contributed by atoms with Gasteiger partial charge in [0.2, 0.25) is 0 Å². The van der Waals surface area contributed by atoms with Gasteiger partial charge in [0, 0.05) is 13.0 Å². The van der Waals surface area contributed by atoms with Gasteiger partial charge in [-0.15, -0.1) is 0 Å². The van der Waals surface area contributed by atoms with Crippen molar-refractivity contribution in [2.75, 3.05) is 6.54 Å². The van der Waals surface area contributed by atoms with E-state index < -0.39 is 17.7 Å². The van der Waals surface area contributed by atoms with E-state index in [9.17, 15) is 9.59 Å². The Morgan fingerprint density at radius 2 is 2.05 bits per heavy atom. The van der Waals surface area contributed by atoms with Crippen molar-refractivity contribution in [2.24, 2.45) is 4.99 Å². The van der Waals surface area contributed by atoms with Crippen LogP contribution < -0.4 is 10.6 Å². The quantitative estimate of drug-likeness (QED) is 0.701. The first kappa shape index (κ1) is 17.0. The molecule has 0 aromatic rings. The molecule has 0 aliphatic carbocycles. The Morgan fingerprint density at radius 3 is 2.67 bits per heavy atom. The molecule has 0 atom stereocenters. The van der Waals surface area contributed by atoms with Crippen LogP contribution in [0.4, 0.5) is 4.79 Å². The number of allylic oxidation sites excluding steroid dienone is 1. The van der Waals surface area contributed by atoms with Crippen molar-refractivity contribution in [3.8, 4) is 0 Å². The van der Waals surface area contributed by atoms with E-state index in [-0.39, 0.29) is 6.42 Å². The molecular formula is C14H22N3O4. The monoisotopic (exact) mass is 296 g/mol. The van der Waals surface area contributed by atoms with Crippen LogP contribution in [-0.4, -0.2) is 35.2 Å². The molecule has 1 rings (SSSR count). The van der Waals surface area contributed by atoms with E-state index in [1.54, 1.807) is 6.20 Å². The summed E-state index contributed by atoms with van der Waals surface area (Å²) >= 11 is 0. The highest BCUT2D eigenvalue weighted by Gasteiger charge is 2.15. The van der Waals surface area contributed by atoms with Crippen molar-refractivity contribution < 1.29 is 19.4 Å².